The summed E-state index contributed by atoms with van der Waals surface area (Å²) in [7, 11) is 0. The van der Waals surface area contributed by atoms with Crippen molar-refractivity contribution in [2.75, 3.05) is 6.61 Å². The van der Waals surface area contributed by atoms with Gasteiger partial charge in [-0.25, -0.2) is 0 Å². The van der Waals surface area contributed by atoms with Crippen LogP contribution >= 0.6 is 0 Å². The number of rotatable bonds is 7. The Hall–Kier alpha value is -0.940. The van der Waals surface area contributed by atoms with Crippen molar-refractivity contribution in [3.63, 3.8) is 0 Å². The van der Waals surface area contributed by atoms with E-state index < -0.39 is 5.79 Å². The van der Waals surface area contributed by atoms with Crippen LogP contribution in [0.3, 0.4) is 0 Å². The predicted molar refractivity (Wildman–Crippen MR) is 85.5 cm³/mol. The normalized spacial score (nSPS) is 25.8. The molecule has 2 rings (SSSR count). The first-order valence-corrected chi connectivity index (χ1v) is 8.10. The van der Waals surface area contributed by atoms with Crippen molar-refractivity contribution in [1.82, 2.24) is 0 Å². The van der Waals surface area contributed by atoms with Crippen LogP contribution in [0.4, 0.5) is 0 Å². The van der Waals surface area contributed by atoms with Gasteiger partial charge in [0.2, 0.25) is 0 Å². The lowest BCUT2D eigenvalue weighted by Gasteiger charge is -2.41. The Balaban J connectivity index is 1.74. The van der Waals surface area contributed by atoms with Gasteiger partial charge in [-0.15, -0.1) is 0 Å². The summed E-state index contributed by atoms with van der Waals surface area (Å²) in [6, 6.07) is 10.2. The van der Waals surface area contributed by atoms with Crippen LogP contribution in [0, 0.1) is 0 Å². The minimum Gasteiger partial charge on any atom is -0.393 e. The summed E-state index contributed by atoms with van der Waals surface area (Å²) in [6.07, 6.45) is 2.10. The number of aliphatic hydroxyl groups excluding tert-OH is 1. The van der Waals surface area contributed by atoms with Crippen molar-refractivity contribution < 1.29 is 19.3 Å². The van der Waals surface area contributed by atoms with E-state index in [4.69, 9.17) is 14.2 Å². The van der Waals surface area contributed by atoms with Crippen LogP contribution in [0.5, 0.6) is 0 Å². The maximum absolute atomic E-state index is 9.56. The monoisotopic (exact) mass is 308 g/mol. The molecule has 1 fully saturated rings. The van der Waals surface area contributed by atoms with Gasteiger partial charge in [0.1, 0.15) is 0 Å². The van der Waals surface area contributed by atoms with Crippen molar-refractivity contribution in [2.45, 2.75) is 70.7 Å². The summed E-state index contributed by atoms with van der Waals surface area (Å²) in [5.41, 5.74) is 1.18. The lowest BCUT2D eigenvalue weighted by Crippen LogP contribution is -2.45. The zero-order valence-corrected chi connectivity index (χ0v) is 13.8. The van der Waals surface area contributed by atoms with E-state index >= 15 is 0 Å². The van der Waals surface area contributed by atoms with Gasteiger partial charge in [-0.05, 0) is 39.2 Å². The SMILES string of the molecule is C[C@H](O)C[C@H]1C[C@@H](CCOCc2ccccc2)OC(C)(C)O1. The average Bonchev–Trinajstić information content (AvgIpc) is 2.42. The molecule has 0 aromatic heterocycles. The van der Waals surface area contributed by atoms with E-state index in [9.17, 15) is 5.11 Å². The molecule has 4 nitrogen and oxygen atoms in total. The molecule has 0 saturated carbocycles. The van der Waals surface area contributed by atoms with Gasteiger partial charge in [0.05, 0.1) is 24.9 Å². The van der Waals surface area contributed by atoms with E-state index in [0.29, 0.717) is 19.6 Å². The molecule has 3 atom stereocenters. The maximum atomic E-state index is 9.56. The zero-order chi connectivity index (χ0) is 16.0. The van der Waals surface area contributed by atoms with Gasteiger partial charge in [0, 0.05) is 13.0 Å². The van der Waals surface area contributed by atoms with E-state index in [1.807, 2.05) is 32.0 Å². The third-order valence-corrected chi connectivity index (χ3v) is 3.73. The first kappa shape index (κ1) is 17.4. The molecule has 22 heavy (non-hydrogen) atoms. The lowest BCUT2D eigenvalue weighted by molar-refractivity contribution is -0.304. The standard InChI is InChI=1S/C18H28O4/c1-14(19)11-17-12-16(21-18(2,3)22-17)9-10-20-13-15-7-5-4-6-8-15/h4-8,14,16-17,19H,9-13H2,1-3H3/t14-,16+,17-/m0/s1. The van der Waals surface area contributed by atoms with Gasteiger partial charge < -0.3 is 19.3 Å². The van der Waals surface area contributed by atoms with Crippen LogP contribution < -0.4 is 0 Å². The quantitative estimate of drug-likeness (QED) is 0.785. The van der Waals surface area contributed by atoms with Gasteiger partial charge in [0.25, 0.3) is 0 Å². The Morgan fingerprint density at radius 3 is 2.59 bits per heavy atom. The van der Waals surface area contributed by atoms with Gasteiger partial charge in [-0.3, -0.25) is 0 Å². The molecule has 1 saturated heterocycles. The van der Waals surface area contributed by atoms with Crippen LogP contribution in [0.15, 0.2) is 30.3 Å². The van der Waals surface area contributed by atoms with Gasteiger partial charge >= 0.3 is 0 Å². The molecule has 1 aliphatic heterocycles. The van der Waals surface area contributed by atoms with Crippen LogP contribution in [0.2, 0.25) is 0 Å². The van der Waals surface area contributed by atoms with Crippen molar-refractivity contribution >= 4 is 0 Å². The second kappa shape index (κ2) is 8.06. The van der Waals surface area contributed by atoms with Gasteiger partial charge in [0.15, 0.2) is 5.79 Å². The Kier molecular flexibility index (Phi) is 6.38. The molecule has 0 bridgehead atoms. The fraction of sp³-hybridized carbons (Fsp3) is 0.667. The molecule has 0 unspecified atom stereocenters. The Morgan fingerprint density at radius 1 is 1.23 bits per heavy atom. The lowest BCUT2D eigenvalue weighted by atomic mass is 10.0. The number of ether oxygens (including phenoxy) is 3. The van der Waals surface area contributed by atoms with Crippen molar-refractivity contribution in [1.29, 1.82) is 0 Å². The van der Waals surface area contributed by atoms with Crippen molar-refractivity contribution in [3.05, 3.63) is 35.9 Å². The fourth-order valence-electron chi connectivity index (χ4n) is 2.90. The molecular formula is C18H28O4. The molecule has 0 spiro atoms. The highest BCUT2D eigenvalue weighted by atomic mass is 16.7. The molecule has 4 heteroatoms. The van der Waals surface area contributed by atoms with Crippen molar-refractivity contribution in [2.24, 2.45) is 0 Å². The molecule has 0 aliphatic carbocycles. The third kappa shape index (κ3) is 6.05. The van der Waals surface area contributed by atoms with E-state index in [2.05, 4.69) is 12.1 Å². The summed E-state index contributed by atoms with van der Waals surface area (Å²) < 4.78 is 17.6. The van der Waals surface area contributed by atoms with Gasteiger partial charge in [-0.1, -0.05) is 30.3 Å². The Labute approximate surface area is 133 Å². The van der Waals surface area contributed by atoms with Crippen LogP contribution in [0.25, 0.3) is 0 Å². The van der Waals surface area contributed by atoms with Crippen molar-refractivity contribution in [3.8, 4) is 0 Å². The van der Waals surface area contributed by atoms with Crippen LogP contribution in [0.1, 0.15) is 45.6 Å². The summed E-state index contributed by atoms with van der Waals surface area (Å²) in [5, 5.41) is 9.56. The summed E-state index contributed by atoms with van der Waals surface area (Å²) in [4.78, 5) is 0. The third-order valence-electron chi connectivity index (χ3n) is 3.73. The summed E-state index contributed by atoms with van der Waals surface area (Å²) in [5.74, 6) is -0.595. The summed E-state index contributed by atoms with van der Waals surface area (Å²) in [6.45, 7) is 6.95. The summed E-state index contributed by atoms with van der Waals surface area (Å²) >= 11 is 0. The number of hydrogen-bond acceptors (Lipinski definition) is 4. The fourth-order valence-corrected chi connectivity index (χ4v) is 2.90. The van der Waals surface area contributed by atoms with E-state index in [0.717, 1.165) is 12.8 Å². The molecule has 124 valence electrons. The second-order valence-corrected chi connectivity index (χ2v) is 6.53. The second-order valence-electron chi connectivity index (χ2n) is 6.53. The van der Waals surface area contributed by atoms with E-state index in [1.54, 1.807) is 6.92 Å². The molecule has 1 aromatic carbocycles. The highest BCUT2D eigenvalue weighted by molar-refractivity contribution is 5.13. The molecule has 1 aliphatic rings. The smallest absolute Gasteiger partial charge is 0.163 e. The molecule has 0 radical (unpaired) electrons. The number of benzene rings is 1. The maximum Gasteiger partial charge on any atom is 0.163 e. The first-order chi connectivity index (χ1) is 10.4. The number of hydrogen-bond donors (Lipinski definition) is 1. The van der Waals surface area contributed by atoms with Gasteiger partial charge in [-0.2, -0.15) is 0 Å². The van der Waals surface area contributed by atoms with E-state index in [-0.39, 0.29) is 18.3 Å². The topological polar surface area (TPSA) is 47.9 Å². The van der Waals surface area contributed by atoms with Crippen LogP contribution in [-0.2, 0) is 20.8 Å². The molecular weight excluding hydrogens is 280 g/mol. The molecule has 1 aromatic rings. The largest absolute Gasteiger partial charge is 0.393 e. The highest BCUT2D eigenvalue weighted by Gasteiger charge is 2.35. The molecule has 1 heterocycles. The highest BCUT2D eigenvalue weighted by Crippen LogP contribution is 2.30. The predicted octanol–water partition coefficient (Wildman–Crippen LogP) is 3.27. The zero-order valence-electron chi connectivity index (χ0n) is 13.8. The minimum atomic E-state index is -0.595. The molecule has 1 N–H and O–H groups in total. The Bertz CT molecular complexity index is 430. The van der Waals surface area contributed by atoms with Crippen LogP contribution in [-0.4, -0.2) is 35.8 Å². The number of aliphatic hydroxyl groups is 1. The average molecular weight is 308 g/mol. The van der Waals surface area contributed by atoms with E-state index in [1.165, 1.54) is 5.56 Å². The molecule has 0 amide bonds. The first-order valence-electron chi connectivity index (χ1n) is 8.10. The minimum absolute atomic E-state index is 0.0443. The Morgan fingerprint density at radius 2 is 1.91 bits per heavy atom.